The van der Waals surface area contributed by atoms with Gasteiger partial charge in [-0.3, -0.25) is 14.4 Å². The first-order valence-corrected chi connectivity index (χ1v) is 15.3. The van der Waals surface area contributed by atoms with Gasteiger partial charge < -0.3 is 24.8 Å². The molecule has 240 valence electrons. The molecular formula is C36H39N3O7. The molecule has 1 unspecified atom stereocenters. The molecule has 1 fully saturated rings. The van der Waals surface area contributed by atoms with Crippen LogP contribution < -0.4 is 14.8 Å². The number of carboxylic acids is 1. The number of nitrogens with zero attached hydrogens (tertiary/aromatic N) is 2. The Bertz CT molecular complexity index is 1630. The SMILES string of the molecule is CC(C)CC(C(=O)N[C@H](CC(=O)O)c1ccc2c(c1)OCO2)N1C(=O)N(Cc2ccc(/C=C/c3ccccc3)cc2)C(C)(C)C1=O. The number of carbonyl (C=O) groups excluding carboxylic acids is 3. The number of ether oxygens (including phenoxy) is 2. The van der Waals surface area contributed by atoms with Gasteiger partial charge in [-0.2, -0.15) is 0 Å². The summed E-state index contributed by atoms with van der Waals surface area (Å²) in [6.45, 7) is 7.36. The van der Waals surface area contributed by atoms with Crippen LogP contribution in [0.2, 0.25) is 0 Å². The lowest BCUT2D eigenvalue weighted by Crippen LogP contribution is -2.52. The van der Waals surface area contributed by atoms with E-state index < -0.39 is 47.9 Å². The van der Waals surface area contributed by atoms with Gasteiger partial charge in [0.2, 0.25) is 12.7 Å². The van der Waals surface area contributed by atoms with Crippen LogP contribution in [-0.4, -0.2) is 57.1 Å². The molecule has 2 heterocycles. The quantitative estimate of drug-likeness (QED) is 0.190. The first-order valence-electron chi connectivity index (χ1n) is 15.3. The Morgan fingerprint density at radius 3 is 2.24 bits per heavy atom. The number of carbonyl (C=O) groups is 4. The van der Waals surface area contributed by atoms with Crippen molar-refractivity contribution < 1.29 is 33.8 Å². The zero-order valence-corrected chi connectivity index (χ0v) is 26.4. The van der Waals surface area contributed by atoms with E-state index >= 15 is 0 Å². The Labute approximate surface area is 268 Å². The van der Waals surface area contributed by atoms with E-state index in [2.05, 4.69) is 5.32 Å². The Kier molecular flexibility index (Phi) is 9.46. The second-order valence-electron chi connectivity index (χ2n) is 12.5. The van der Waals surface area contributed by atoms with Crippen LogP contribution in [0, 0.1) is 5.92 Å². The van der Waals surface area contributed by atoms with Gasteiger partial charge in [0.25, 0.3) is 5.91 Å². The van der Waals surface area contributed by atoms with Crippen molar-refractivity contribution in [2.45, 2.75) is 64.7 Å². The van der Waals surface area contributed by atoms with Crippen LogP contribution in [-0.2, 0) is 20.9 Å². The molecule has 3 aromatic carbocycles. The third-order valence-corrected chi connectivity index (χ3v) is 8.25. The summed E-state index contributed by atoms with van der Waals surface area (Å²) in [5, 5.41) is 12.5. The third kappa shape index (κ3) is 7.06. The summed E-state index contributed by atoms with van der Waals surface area (Å²) in [6.07, 6.45) is 3.82. The first-order chi connectivity index (χ1) is 21.9. The lowest BCUT2D eigenvalue weighted by molar-refractivity contribution is -0.140. The van der Waals surface area contributed by atoms with Gasteiger partial charge in [0.1, 0.15) is 11.6 Å². The Morgan fingerprint density at radius 1 is 0.935 bits per heavy atom. The van der Waals surface area contributed by atoms with Crippen molar-refractivity contribution in [2.24, 2.45) is 5.92 Å². The van der Waals surface area contributed by atoms with Gasteiger partial charge in [-0.15, -0.1) is 0 Å². The number of hydrogen-bond donors (Lipinski definition) is 2. The van der Waals surface area contributed by atoms with Gasteiger partial charge in [0, 0.05) is 6.54 Å². The summed E-state index contributed by atoms with van der Waals surface area (Å²) >= 11 is 0. The fraction of sp³-hybridized carbons (Fsp3) is 0.333. The van der Waals surface area contributed by atoms with Crippen molar-refractivity contribution in [1.82, 2.24) is 15.1 Å². The van der Waals surface area contributed by atoms with Crippen LogP contribution in [0.15, 0.2) is 72.8 Å². The molecule has 0 aliphatic carbocycles. The summed E-state index contributed by atoms with van der Waals surface area (Å²) < 4.78 is 10.8. The number of benzene rings is 3. The lowest BCUT2D eigenvalue weighted by Gasteiger charge is -2.29. The van der Waals surface area contributed by atoms with E-state index in [1.165, 1.54) is 4.90 Å². The van der Waals surface area contributed by atoms with Gasteiger partial charge in [-0.05, 0) is 60.6 Å². The van der Waals surface area contributed by atoms with Crippen molar-refractivity contribution >= 4 is 36.0 Å². The predicted molar refractivity (Wildman–Crippen MR) is 173 cm³/mol. The maximum atomic E-state index is 14.0. The van der Waals surface area contributed by atoms with E-state index in [1.807, 2.05) is 80.6 Å². The second kappa shape index (κ2) is 13.5. The van der Waals surface area contributed by atoms with Crippen molar-refractivity contribution in [3.8, 4) is 11.5 Å². The number of carboxylic acid groups (broad SMARTS) is 1. The van der Waals surface area contributed by atoms with Gasteiger partial charge in [0.05, 0.1) is 12.5 Å². The molecule has 0 bridgehead atoms. The predicted octanol–water partition coefficient (Wildman–Crippen LogP) is 5.88. The van der Waals surface area contributed by atoms with Gasteiger partial charge in [-0.25, -0.2) is 9.69 Å². The van der Waals surface area contributed by atoms with E-state index in [1.54, 1.807) is 32.0 Å². The molecule has 4 amide bonds. The zero-order valence-electron chi connectivity index (χ0n) is 26.4. The minimum absolute atomic E-state index is 0.0477. The number of amides is 4. The van der Waals surface area contributed by atoms with Crippen molar-refractivity contribution in [3.63, 3.8) is 0 Å². The van der Waals surface area contributed by atoms with E-state index in [0.717, 1.165) is 21.6 Å². The van der Waals surface area contributed by atoms with Crippen LogP contribution in [0.25, 0.3) is 12.2 Å². The van der Waals surface area contributed by atoms with E-state index in [9.17, 15) is 24.3 Å². The van der Waals surface area contributed by atoms with Crippen LogP contribution in [0.1, 0.15) is 68.8 Å². The maximum absolute atomic E-state index is 14.0. The molecule has 2 aliphatic rings. The number of fused-ring (bicyclic) bond motifs is 1. The molecule has 10 nitrogen and oxygen atoms in total. The molecule has 1 saturated heterocycles. The van der Waals surface area contributed by atoms with Crippen LogP contribution >= 0.6 is 0 Å². The fourth-order valence-corrected chi connectivity index (χ4v) is 5.68. The molecule has 0 saturated carbocycles. The number of aliphatic carboxylic acids is 1. The fourth-order valence-electron chi connectivity index (χ4n) is 5.68. The average Bonchev–Trinajstić information content (AvgIpc) is 3.56. The minimum atomic E-state index is -1.21. The molecule has 2 N–H and O–H groups in total. The summed E-state index contributed by atoms with van der Waals surface area (Å²) in [7, 11) is 0. The molecule has 46 heavy (non-hydrogen) atoms. The molecule has 2 atom stereocenters. The largest absolute Gasteiger partial charge is 0.481 e. The highest BCUT2D eigenvalue weighted by Crippen LogP contribution is 2.36. The number of imide groups is 1. The molecule has 5 rings (SSSR count). The summed E-state index contributed by atoms with van der Waals surface area (Å²) in [4.78, 5) is 56.0. The Hall–Kier alpha value is -5.12. The number of rotatable bonds is 12. The monoisotopic (exact) mass is 625 g/mol. The average molecular weight is 626 g/mol. The molecule has 2 aliphatic heterocycles. The van der Waals surface area contributed by atoms with E-state index in [-0.39, 0.29) is 25.7 Å². The van der Waals surface area contributed by atoms with Crippen LogP contribution in [0.5, 0.6) is 11.5 Å². The molecule has 0 aromatic heterocycles. The molecule has 3 aromatic rings. The van der Waals surface area contributed by atoms with Gasteiger partial charge in [0.15, 0.2) is 11.5 Å². The highest BCUT2D eigenvalue weighted by Gasteiger charge is 2.54. The zero-order chi connectivity index (χ0) is 33.0. The maximum Gasteiger partial charge on any atom is 0.328 e. The third-order valence-electron chi connectivity index (χ3n) is 8.25. The van der Waals surface area contributed by atoms with Gasteiger partial charge in [-0.1, -0.05) is 86.7 Å². The first kappa shape index (κ1) is 32.3. The van der Waals surface area contributed by atoms with Crippen LogP contribution in [0.4, 0.5) is 4.79 Å². The van der Waals surface area contributed by atoms with Crippen molar-refractivity contribution in [3.05, 3.63) is 95.1 Å². The number of urea groups is 1. The molecular weight excluding hydrogens is 586 g/mol. The Morgan fingerprint density at radius 2 is 1.59 bits per heavy atom. The lowest BCUT2D eigenvalue weighted by atomic mass is 9.97. The van der Waals surface area contributed by atoms with Crippen LogP contribution in [0.3, 0.4) is 0 Å². The summed E-state index contributed by atoms with van der Waals surface area (Å²) in [5.41, 5.74) is 2.20. The topological polar surface area (TPSA) is 125 Å². The highest BCUT2D eigenvalue weighted by atomic mass is 16.7. The molecule has 0 spiro atoms. The highest BCUT2D eigenvalue weighted by molar-refractivity contribution is 6.09. The van der Waals surface area contributed by atoms with E-state index in [4.69, 9.17) is 9.47 Å². The number of nitrogens with one attached hydrogen (secondary N) is 1. The normalized spacial score (nSPS) is 16.7. The number of hydrogen-bond acceptors (Lipinski definition) is 6. The summed E-state index contributed by atoms with van der Waals surface area (Å²) in [6, 6.07) is 20.0. The van der Waals surface area contributed by atoms with Crippen molar-refractivity contribution in [1.29, 1.82) is 0 Å². The Balaban J connectivity index is 1.35. The smallest absolute Gasteiger partial charge is 0.328 e. The van der Waals surface area contributed by atoms with Gasteiger partial charge >= 0.3 is 12.0 Å². The molecule has 0 radical (unpaired) electrons. The standard InChI is InChI=1S/C36H39N3O7/c1-23(2)18-29(33(42)37-28(20-32(40)41)27-16-17-30-31(19-27)46-22-45-30)39-34(43)36(3,4)38(35(39)44)21-26-14-12-25(13-15-26)11-10-24-8-6-5-7-9-24/h5-17,19,23,28-29H,18,20-22H2,1-4H3,(H,37,42)(H,40,41)/b11-10+/t28-,29?/m1/s1. The minimum Gasteiger partial charge on any atom is -0.481 e. The van der Waals surface area contributed by atoms with Crippen molar-refractivity contribution in [2.75, 3.05) is 6.79 Å². The summed E-state index contributed by atoms with van der Waals surface area (Å²) in [5.74, 6) is -1.29. The van der Waals surface area contributed by atoms with E-state index in [0.29, 0.717) is 17.1 Å². The second-order valence-corrected chi connectivity index (χ2v) is 12.5. The molecule has 10 heteroatoms.